The van der Waals surface area contributed by atoms with Gasteiger partial charge in [-0.25, -0.2) is 8.42 Å². The molecule has 2 N–H and O–H groups in total. The molecule has 8 heteroatoms. The molecule has 4 rings (SSSR count). The maximum absolute atomic E-state index is 12.8. The molecule has 1 spiro atoms. The molecule has 2 aliphatic heterocycles. The predicted molar refractivity (Wildman–Crippen MR) is 108 cm³/mol. The first-order chi connectivity index (χ1) is 12.5. The van der Waals surface area contributed by atoms with Crippen LogP contribution < -0.4 is 10.6 Å². The van der Waals surface area contributed by atoms with E-state index >= 15 is 0 Å². The van der Waals surface area contributed by atoms with Crippen molar-refractivity contribution in [1.82, 2.24) is 9.62 Å². The SMILES string of the molecule is Cl.O=C(Nc1cccc(S(=O)(=O)N2CCCCC2)c1)C1CC12CCNCC2. The third-order valence-electron chi connectivity index (χ3n) is 6.16. The van der Waals surface area contributed by atoms with E-state index in [0.29, 0.717) is 18.8 Å². The molecule has 150 valence electrons. The summed E-state index contributed by atoms with van der Waals surface area (Å²) < 4.78 is 27.2. The van der Waals surface area contributed by atoms with E-state index in [1.807, 2.05) is 0 Å². The van der Waals surface area contributed by atoms with Gasteiger partial charge in [0.1, 0.15) is 0 Å². The zero-order chi connectivity index (χ0) is 18.2. The summed E-state index contributed by atoms with van der Waals surface area (Å²) >= 11 is 0. The molecular weight excluding hydrogens is 386 g/mol. The molecule has 1 atom stereocenters. The second-order valence-electron chi connectivity index (χ2n) is 7.85. The summed E-state index contributed by atoms with van der Waals surface area (Å²) in [5.41, 5.74) is 0.747. The number of nitrogens with zero attached hydrogens (tertiary/aromatic N) is 1. The van der Waals surface area contributed by atoms with Gasteiger partial charge in [-0.05, 0) is 68.8 Å². The highest BCUT2D eigenvalue weighted by Crippen LogP contribution is 2.58. The van der Waals surface area contributed by atoms with Gasteiger partial charge in [-0.3, -0.25) is 4.79 Å². The maximum atomic E-state index is 12.8. The number of piperidine rings is 2. The number of halogens is 1. The van der Waals surface area contributed by atoms with Crippen LogP contribution in [0.15, 0.2) is 29.2 Å². The number of nitrogens with one attached hydrogen (secondary N) is 2. The van der Waals surface area contributed by atoms with Gasteiger partial charge in [-0.1, -0.05) is 12.5 Å². The lowest BCUT2D eigenvalue weighted by Crippen LogP contribution is -2.35. The van der Waals surface area contributed by atoms with Crippen LogP contribution in [0.4, 0.5) is 5.69 Å². The van der Waals surface area contributed by atoms with Gasteiger partial charge in [0.2, 0.25) is 15.9 Å². The van der Waals surface area contributed by atoms with Crippen molar-refractivity contribution >= 4 is 34.0 Å². The highest BCUT2D eigenvalue weighted by Gasteiger charge is 2.57. The van der Waals surface area contributed by atoms with E-state index in [-0.39, 0.29) is 34.5 Å². The molecule has 1 unspecified atom stereocenters. The topological polar surface area (TPSA) is 78.5 Å². The first kappa shape index (κ1) is 20.6. The number of amides is 1. The van der Waals surface area contributed by atoms with Crippen LogP contribution in [0.3, 0.4) is 0 Å². The molecule has 0 aromatic heterocycles. The Balaban J connectivity index is 0.00000210. The molecule has 2 heterocycles. The molecular formula is C19H28ClN3O3S. The van der Waals surface area contributed by atoms with Crippen molar-refractivity contribution in [3.8, 4) is 0 Å². The summed E-state index contributed by atoms with van der Waals surface area (Å²) in [5, 5.41) is 6.29. The Morgan fingerprint density at radius 2 is 1.85 bits per heavy atom. The molecule has 2 saturated heterocycles. The summed E-state index contributed by atoms with van der Waals surface area (Å²) in [7, 11) is -3.48. The second-order valence-corrected chi connectivity index (χ2v) is 9.79. The van der Waals surface area contributed by atoms with E-state index in [9.17, 15) is 13.2 Å². The van der Waals surface area contributed by atoms with Gasteiger partial charge in [0.25, 0.3) is 0 Å². The first-order valence-corrected chi connectivity index (χ1v) is 11.1. The van der Waals surface area contributed by atoms with Crippen molar-refractivity contribution in [2.24, 2.45) is 11.3 Å². The lowest BCUT2D eigenvalue weighted by atomic mass is 9.92. The zero-order valence-electron chi connectivity index (χ0n) is 15.4. The molecule has 1 saturated carbocycles. The number of anilines is 1. The highest BCUT2D eigenvalue weighted by molar-refractivity contribution is 7.89. The molecule has 0 radical (unpaired) electrons. The Hall–Kier alpha value is -1.15. The van der Waals surface area contributed by atoms with Crippen molar-refractivity contribution in [3.05, 3.63) is 24.3 Å². The monoisotopic (exact) mass is 413 g/mol. The van der Waals surface area contributed by atoms with Crippen LogP contribution in [-0.2, 0) is 14.8 Å². The zero-order valence-corrected chi connectivity index (χ0v) is 17.1. The summed E-state index contributed by atoms with van der Waals surface area (Å²) in [4.78, 5) is 12.9. The molecule has 1 aliphatic carbocycles. The predicted octanol–water partition coefficient (Wildman–Crippen LogP) is 2.61. The van der Waals surface area contributed by atoms with Gasteiger partial charge in [-0.2, -0.15) is 4.31 Å². The normalized spacial score (nSPS) is 24.8. The van der Waals surface area contributed by atoms with Crippen molar-refractivity contribution in [1.29, 1.82) is 0 Å². The van der Waals surface area contributed by atoms with Crippen LogP contribution >= 0.6 is 12.4 Å². The number of carbonyl (C=O) groups is 1. The number of benzene rings is 1. The summed E-state index contributed by atoms with van der Waals surface area (Å²) in [6, 6.07) is 6.69. The van der Waals surface area contributed by atoms with Crippen LogP contribution in [0.2, 0.25) is 0 Å². The number of carbonyl (C=O) groups excluding carboxylic acids is 1. The average Bonchev–Trinajstić information content (AvgIpc) is 3.36. The summed E-state index contributed by atoms with van der Waals surface area (Å²) in [5.74, 6) is 0.0892. The largest absolute Gasteiger partial charge is 0.326 e. The first-order valence-electron chi connectivity index (χ1n) is 9.63. The minimum absolute atomic E-state index is 0. The van der Waals surface area contributed by atoms with Crippen molar-refractivity contribution < 1.29 is 13.2 Å². The third kappa shape index (κ3) is 4.16. The fourth-order valence-corrected chi connectivity index (χ4v) is 5.98. The minimum Gasteiger partial charge on any atom is -0.326 e. The van der Waals surface area contributed by atoms with E-state index < -0.39 is 10.0 Å². The molecule has 3 fully saturated rings. The number of hydrogen-bond acceptors (Lipinski definition) is 4. The van der Waals surface area contributed by atoms with Crippen LogP contribution in [-0.4, -0.2) is 44.8 Å². The third-order valence-corrected chi connectivity index (χ3v) is 8.05. The van der Waals surface area contributed by atoms with E-state index in [0.717, 1.165) is 51.6 Å². The number of sulfonamides is 1. The number of hydrogen-bond donors (Lipinski definition) is 2. The van der Waals surface area contributed by atoms with Gasteiger partial charge in [-0.15, -0.1) is 12.4 Å². The van der Waals surface area contributed by atoms with Gasteiger partial charge in [0, 0.05) is 24.7 Å². The van der Waals surface area contributed by atoms with Crippen LogP contribution in [0.5, 0.6) is 0 Å². The number of rotatable bonds is 4. The summed E-state index contributed by atoms with van der Waals surface area (Å²) in [6.07, 6.45) is 5.96. The second kappa shape index (κ2) is 8.07. The maximum Gasteiger partial charge on any atom is 0.243 e. The van der Waals surface area contributed by atoms with E-state index in [4.69, 9.17) is 0 Å². The van der Waals surface area contributed by atoms with Gasteiger partial charge in [0.05, 0.1) is 4.90 Å². The quantitative estimate of drug-likeness (QED) is 0.795. The van der Waals surface area contributed by atoms with E-state index in [1.54, 1.807) is 28.6 Å². The van der Waals surface area contributed by atoms with E-state index in [2.05, 4.69) is 10.6 Å². The molecule has 27 heavy (non-hydrogen) atoms. The van der Waals surface area contributed by atoms with Crippen LogP contribution in [0, 0.1) is 11.3 Å². The lowest BCUT2D eigenvalue weighted by molar-refractivity contribution is -0.118. The Kier molecular flexibility index (Phi) is 6.15. The highest BCUT2D eigenvalue weighted by atomic mass is 35.5. The van der Waals surface area contributed by atoms with Gasteiger partial charge in [0.15, 0.2) is 0 Å². The summed E-state index contributed by atoms with van der Waals surface area (Å²) in [6.45, 7) is 3.12. The lowest BCUT2D eigenvalue weighted by Gasteiger charge is -2.26. The molecule has 0 bridgehead atoms. The van der Waals surface area contributed by atoms with Crippen molar-refractivity contribution in [2.45, 2.75) is 43.4 Å². The Morgan fingerprint density at radius 1 is 1.15 bits per heavy atom. The Morgan fingerprint density at radius 3 is 2.56 bits per heavy atom. The molecule has 3 aliphatic rings. The Bertz CT molecular complexity index is 787. The fraction of sp³-hybridized carbons (Fsp3) is 0.632. The Labute approximate surface area is 167 Å². The van der Waals surface area contributed by atoms with Crippen molar-refractivity contribution in [2.75, 3.05) is 31.5 Å². The standard InChI is InChI=1S/C19H27N3O3S.ClH/c23-18(17-14-19(17)7-9-20-10-8-19)21-15-5-4-6-16(13-15)26(24,25)22-11-2-1-3-12-22;/h4-6,13,17,20H,1-3,7-12,14H2,(H,21,23);1H. The molecule has 6 nitrogen and oxygen atoms in total. The smallest absolute Gasteiger partial charge is 0.243 e. The van der Waals surface area contributed by atoms with Crippen LogP contribution in [0.25, 0.3) is 0 Å². The molecule has 1 aromatic carbocycles. The molecule has 1 amide bonds. The fourth-order valence-electron chi connectivity index (χ4n) is 4.41. The van der Waals surface area contributed by atoms with Crippen molar-refractivity contribution in [3.63, 3.8) is 0 Å². The molecule has 1 aromatic rings. The van der Waals surface area contributed by atoms with Crippen LogP contribution in [0.1, 0.15) is 38.5 Å². The minimum atomic E-state index is -3.48. The average molecular weight is 414 g/mol. The van der Waals surface area contributed by atoms with E-state index in [1.165, 1.54) is 0 Å². The van der Waals surface area contributed by atoms with Gasteiger partial charge >= 0.3 is 0 Å². The van der Waals surface area contributed by atoms with Gasteiger partial charge < -0.3 is 10.6 Å².